The topological polar surface area (TPSA) is 83.1 Å². The van der Waals surface area contributed by atoms with Crippen molar-refractivity contribution >= 4 is 40.4 Å². The molecule has 0 aliphatic heterocycles. The molecule has 0 spiro atoms. The SMILES string of the molecule is Cc1ncc(Cl)cc1NC(C)(C)c1ccc(C(=O)N[C@@H](CC2CCCC2)C(=O)NC23CC(C2)C3)s1. The Bertz CT molecular complexity index is 1110. The van der Waals surface area contributed by atoms with Crippen LogP contribution in [-0.4, -0.2) is 28.4 Å². The number of aromatic nitrogens is 1. The fourth-order valence-electron chi connectivity index (χ4n) is 5.85. The van der Waals surface area contributed by atoms with E-state index >= 15 is 0 Å². The van der Waals surface area contributed by atoms with Crippen LogP contribution < -0.4 is 16.0 Å². The minimum Gasteiger partial charge on any atom is -0.374 e. The molecule has 3 N–H and O–H groups in total. The third-order valence-corrected chi connectivity index (χ3v) is 9.65. The van der Waals surface area contributed by atoms with E-state index in [1.165, 1.54) is 24.2 Å². The van der Waals surface area contributed by atoms with Crippen molar-refractivity contribution < 1.29 is 9.59 Å². The number of hydrogen-bond acceptors (Lipinski definition) is 5. The van der Waals surface area contributed by atoms with Crippen molar-refractivity contribution in [2.24, 2.45) is 11.8 Å². The van der Waals surface area contributed by atoms with Crippen molar-refractivity contribution in [1.82, 2.24) is 15.6 Å². The maximum absolute atomic E-state index is 13.3. The fraction of sp³-hybridized carbons (Fsp3) is 0.593. The first-order valence-electron chi connectivity index (χ1n) is 12.8. The molecule has 2 amide bonds. The number of nitrogens with one attached hydrogen (secondary N) is 3. The van der Waals surface area contributed by atoms with Gasteiger partial charge in [0.15, 0.2) is 0 Å². The Kier molecular flexibility index (Phi) is 6.60. The number of nitrogens with zero attached hydrogens (tertiary/aromatic N) is 1. The minimum absolute atomic E-state index is 0.00823. The van der Waals surface area contributed by atoms with Crippen molar-refractivity contribution in [3.63, 3.8) is 0 Å². The van der Waals surface area contributed by atoms with E-state index in [1.54, 1.807) is 6.20 Å². The lowest BCUT2D eigenvalue weighted by Gasteiger charge is -2.62. The Morgan fingerprint density at radius 1 is 1.23 bits per heavy atom. The predicted molar refractivity (Wildman–Crippen MR) is 141 cm³/mol. The average molecular weight is 515 g/mol. The second-order valence-electron chi connectivity index (χ2n) is 11.4. The van der Waals surface area contributed by atoms with Crippen LogP contribution in [-0.2, 0) is 10.3 Å². The molecule has 2 aromatic heterocycles. The third kappa shape index (κ3) is 5.21. The van der Waals surface area contributed by atoms with Gasteiger partial charge < -0.3 is 16.0 Å². The van der Waals surface area contributed by atoms with Crippen molar-refractivity contribution in [1.29, 1.82) is 0 Å². The summed E-state index contributed by atoms with van der Waals surface area (Å²) in [5.41, 5.74) is 1.32. The Balaban J connectivity index is 1.27. The molecule has 0 unspecified atom stereocenters. The molecular weight excluding hydrogens is 480 g/mol. The number of carbonyl (C=O) groups excluding carboxylic acids is 2. The van der Waals surface area contributed by atoms with E-state index in [0.29, 0.717) is 15.8 Å². The van der Waals surface area contributed by atoms with Crippen LogP contribution in [0.5, 0.6) is 0 Å². The molecular formula is C27H35ClN4O2S. The van der Waals surface area contributed by atoms with Gasteiger partial charge in [-0.1, -0.05) is 37.3 Å². The molecule has 35 heavy (non-hydrogen) atoms. The van der Waals surface area contributed by atoms with Gasteiger partial charge in [-0.25, -0.2) is 0 Å². The van der Waals surface area contributed by atoms with Crippen LogP contribution in [0.15, 0.2) is 24.4 Å². The molecule has 1 atom stereocenters. The number of rotatable bonds is 9. The molecule has 2 aromatic rings. The molecule has 2 bridgehead atoms. The second-order valence-corrected chi connectivity index (χ2v) is 12.9. The zero-order chi connectivity index (χ0) is 24.8. The lowest BCUT2D eigenvalue weighted by Crippen LogP contribution is -2.70. The number of aryl methyl sites for hydroxylation is 1. The summed E-state index contributed by atoms with van der Waals surface area (Å²) in [5.74, 6) is 1.13. The molecule has 188 valence electrons. The fourth-order valence-corrected chi connectivity index (χ4v) is 6.97. The molecule has 4 saturated carbocycles. The van der Waals surface area contributed by atoms with Crippen LogP contribution >= 0.6 is 22.9 Å². The van der Waals surface area contributed by atoms with E-state index < -0.39 is 11.6 Å². The van der Waals surface area contributed by atoms with Crippen molar-refractivity contribution in [2.75, 3.05) is 5.32 Å². The van der Waals surface area contributed by atoms with Crippen molar-refractivity contribution in [3.05, 3.63) is 44.9 Å². The van der Waals surface area contributed by atoms with E-state index in [4.69, 9.17) is 11.6 Å². The van der Waals surface area contributed by atoms with E-state index in [0.717, 1.165) is 60.7 Å². The van der Waals surface area contributed by atoms with Crippen LogP contribution in [0.1, 0.15) is 85.5 Å². The number of halogens is 1. The summed E-state index contributed by atoms with van der Waals surface area (Å²) < 4.78 is 0. The van der Waals surface area contributed by atoms with E-state index in [1.807, 2.05) is 25.1 Å². The molecule has 6 rings (SSSR count). The summed E-state index contributed by atoms with van der Waals surface area (Å²) in [6.07, 6.45) is 10.4. The summed E-state index contributed by atoms with van der Waals surface area (Å²) in [6, 6.07) is 5.23. The molecule has 2 heterocycles. The minimum atomic E-state index is -0.475. The smallest absolute Gasteiger partial charge is 0.262 e. The molecule has 6 nitrogen and oxygen atoms in total. The van der Waals surface area contributed by atoms with Gasteiger partial charge in [-0.15, -0.1) is 11.3 Å². The standard InChI is InChI=1S/C27H35ClN4O2S/c1-16-20(11-19(28)15-29-16)31-26(2,3)23-9-8-22(35-23)25(34)30-21(10-17-6-4-5-7-17)24(33)32-27-12-18(13-27)14-27/h8-9,11,15,17-18,21,31H,4-7,10,12-14H2,1-3H3,(H,30,34)(H,32,33)/t18?,21-,27?/m0/s1. The largest absolute Gasteiger partial charge is 0.374 e. The highest BCUT2D eigenvalue weighted by Crippen LogP contribution is 2.57. The first-order valence-corrected chi connectivity index (χ1v) is 14.0. The molecule has 4 fully saturated rings. The first kappa shape index (κ1) is 24.6. The van der Waals surface area contributed by atoms with Crippen LogP contribution in [0.2, 0.25) is 5.02 Å². The highest BCUT2D eigenvalue weighted by Gasteiger charge is 2.57. The van der Waals surface area contributed by atoms with Crippen LogP contribution in [0.3, 0.4) is 0 Å². The number of amides is 2. The summed E-state index contributed by atoms with van der Waals surface area (Å²) in [6.45, 7) is 6.08. The van der Waals surface area contributed by atoms with Crippen LogP contribution in [0.25, 0.3) is 0 Å². The highest BCUT2D eigenvalue weighted by atomic mass is 35.5. The van der Waals surface area contributed by atoms with Gasteiger partial charge in [-0.3, -0.25) is 14.6 Å². The lowest BCUT2D eigenvalue weighted by molar-refractivity contribution is -0.135. The molecule has 4 aliphatic rings. The summed E-state index contributed by atoms with van der Waals surface area (Å²) >= 11 is 7.59. The molecule has 0 radical (unpaired) electrons. The van der Waals surface area contributed by atoms with Crippen LogP contribution in [0.4, 0.5) is 5.69 Å². The first-order chi connectivity index (χ1) is 16.6. The lowest BCUT2D eigenvalue weighted by atomic mass is 9.50. The summed E-state index contributed by atoms with van der Waals surface area (Å²) in [7, 11) is 0. The second kappa shape index (κ2) is 9.40. The van der Waals surface area contributed by atoms with E-state index in [9.17, 15) is 9.59 Å². The number of thiophene rings is 1. The van der Waals surface area contributed by atoms with Crippen molar-refractivity contribution in [3.8, 4) is 0 Å². The van der Waals surface area contributed by atoms with Gasteiger partial charge in [-0.2, -0.15) is 0 Å². The normalized spacial score (nSPS) is 24.3. The zero-order valence-electron chi connectivity index (χ0n) is 20.7. The van der Waals surface area contributed by atoms with Gasteiger partial charge in [-0.05, 0) is 76.5 Å². The van der Waals surface area contributed by atoms with E-state index in [-0.39, 0.29) is 17.4 Å². The Morgan fingerprint density at radius 3 is 2.60 bits per heavy atom. The zero-order valence-corrected chi connectivity index (χ0v) is 22.3. The van der Waals surface area contributed by atoms with Gasteiger partial charge in [0.1, 0.15) is 6.04 Å². The number of pyridine rings is 1. The van der Waals surface area contributed by atoms with Gasteiger partial charge in [0, 0.05) is 16.6 Å². The van der Waals surface area contributed by atoms with Crippen molar-refractivity contribution in [2.45, 2.75) is 89.3 Å². The number of carbonyl (C=O) groups is 2. The maximum Gasteiger partial charge on any atom is 0.262 e. The number of hydrogen-bond donors (Lipinski definition) is 3. The van der Waals surface area contributed by atoms with Gasteiger partial charge >= 0.3 is 0 Å². The van der Waals surface area contributed by atoms with E-state index in [2.05, 4.69) is 34.8 Å². The van der Waals surface area contributed by atoms with Crippen LogP contribution in [0, 0.1) is 18.8 Å². The van der Waals surface area contributed by atoms with Gasteiger partial charge in [0.05, 0.1) is 26.8 Å². The summed E-state index contributed by atoms with van der Waals surface area (Å²) in [4.78, 5) is 32.4. The van der Waals surface area contributed by atoms with Gasteiger partial charge in [0.2, 0.25) is 5.91 Å². The quantitative estimate of drug-likeness (QED) is 0.395. The average Bonchev–Trinajstić information content (AvgIpc) is 3.44. The monoisotopic (exact) mass is 514 g/mol. The van der Waals surface area contributed by atoms with Gasteiger partial charge in [0.25, 0.3) is 5.91 Å². The third-order valence-electron chi connectivity index (χ3n) is 8.04. The molecule has 0 saturated heterocycles. The Hall–Kier alpha value is -2.12. The maximum atomic E-state index is 13.3. The number of anilines is 1. The molecule has 8 heteroatoms. The Labute approximate surface area is 216 Å². The highest BCUT2D eigenvalue weighted by molar-refractivity contribution is 7.14. The predicted octanol–water partition coefficient (Wildman–Crippen LogP) is 5.80. The summed E-state index contributed by atoms with van der Waals surface area (Å²) in [5, 5.41) is 10.5. The Morgan fingerprint density at radius 2 is 1.94 bits per heavy atom. The molecule has 0 aromatic carbocycles. The molecule has 4 aliphatic carbocycles.